The Kier molecular flexibility index (Phi) is 5.21. The lowest BCUT2D eigenvalue weighted by molar-refractivity contribution is 0.0601. The van der Waals surface area contributed by atoms with Gasteiger partial charge in [-0.15, -0.1) is 0 Å². The third kappa shape index (κ3) is 3.67. The number of pyridine rings is 1. The van der Waals surface area contributed by atoms with Gasteiger partial charge in [-0.05, 0) is 12.1 Å². The summed E-state index contributed by atoms with van der Waals surface area (Å²) in [7, 11) is 4.18. The number of ether oxygens (including phenoxy) is 3. The van der Waals surface area contributed by atoms with E-state index in [0.717, 1.165) is 5.39 Å². The molecule has 0 aliphatic carbocycles. The molecule has 0 atom stereocenters. The van der Waals surface area contributed by atoms with E-state index in [1.54, 1.807) is 6.07 Å². The average molecular weight is 366 g/mol. The number of para-hydroxylation sites is 1. The number of carbonyl (C=O) groups excluding carboxylic acids is 2. The van der Waals surface area contributed by atoms with Crippen molar-refractivity contribution in [2.45, 2.75) is 0 Å². The lowest BCUT2D eigenvalue weighted by Crippen LogP contribution is -2.17. The van der Waals surface area contributed by atoms with E-state index in [2.05, 4.69) is 10.3 Å². The third-order valence-corrected chi connectivity index (χ3v) is 4.01. The minimum absolute atomic E-state index is 0.143. The number of aromatic nitrogens is 1. The Morgan fingerprint density at radius 3 is 2.33 bits per heavy atom. The molecule has 7 heteroatoms. The van der Waals surface area contributed by atoms with Gasteiger partial charge in [0, 0.05) is 17.5 Å². The highest BCUT2D eigenvalue weighted by molar-refractivity contribution is 6.08. The van der Waals surface area contributed by atoms with Gasteiger partial charge in [-0.1, -0.05) is 24.3 Å². The molecular formula is C20H18N2O5. The van der Waals surface area contributed by atoms with E-state index in [-0.39, 0.29) is 16.9 Å². The smallest absolute Gasteiger partial charge is 0.340 e. The maximum Gasteiger partial charge on any atom is 0.340 e. The molecule has 1 heterocycles. The van der Waals surface area contributed by atoms with Gasteiger partial charge in [-0.3, -0.25) is 4.79 Å². The van der Waals surface area contributed by atoms with Crippen molar-refractivity contribution in [3.63, 3.8) is 0 Å². The first-order valence-corrected chi connectivity index (χ1v) is 8.09. The van der Waals surface area contributed by atoms with Crippen molar-refractivity contribution in [2.75, 3.05) is 26.6 Å². The molecule has 0 radical (unpaired) electrons. The zero-order chi connectivity index (χ0) is 19.4. The van der Waals surface area contributed by atoms with Crippen LogP contribution in [0.4, 0.5) is 5.69 Å². The van der Waals surface area contributed by atoms with Crippen molar-refractivity contribution in [2.24, 2.45) is 0 Å². The molecule has 0 aliphatic rings. The average Bonchev–Trinajstić information content (AvgIpc) is 2.72. The van der Waals surface area contributed by atoms with E-state index in [9.17, 15) is 9.59 Å². The molecule has 1 aromatic heterocycles. The van der Waals surface area contributed by atoms with Gasteiger partial charge in [0.15, 0.2) is 11.5 Å². The summed E-state index contributed by atoms with van der Waals surface area (Å²) in [5, 5.41) is 3.62. The maximum absolute atomic E-state index is 12.7. The highest BCUT2D eigenvalue weighted by Gasteiger charge is 2.20. The molecule has 0 saturated heterocycles. The molecule has 0 saturated carbocycles. The van der Waals surface area contributed by atoms with Crippen LogP contribution in [0, 0.1) is 0 Å². The van der Waals surface area contributed by atoms with Crippen molar-refractivity contribution in [3.05, 3.63) is 59.8 Å². The summed E-state index contributed by atoms with van der Waals surface area (Å²) in [5.74, 6) is -0.359. The number of esters is 1. The largest absolute Gasteiger partial charge is 0.493 e. The number of amides is 1. The van der Waals surface area contributed by atoms with E-state index in [1.807, 2.05) is 30.3 Å². The second kappa shape index (κ2) is 7.74. The van der Waals surface area contributed by atoms with Gasteiger partial charge in [-0.2, -0.15) is 0 Å². The number of nitrogens with zero attached hydrogens (tertiary/aromatic N) is 1. The highest BCUT2D eigenvalue weighted by atomic mass is 16.5. The van der Waals surface area contributed by atoms with Crippen molar-refractivity contribution in [1.29, 1.82) is 0 Å². The number of hydrogen-bond acceptors (Lipinski definition) is 6. The number of methoxy groups -OCH3 is 3. The van der Waals surface area contributed by atoms with Gasteiger partial charge in [-0.25, -0.2) is 9.78 Å². The van der Waals surface area contributed by atoms with Crippen LogP contribution < -0.4 is 14.8 Å². The van der Waals surface area contributed by atoms with Gasteiger partial charge in [0.2, 0.25) is 0 Å². The summed E-state index contributed by atoms with van der Waals surface area (Å²) in [6.45, 7) is 0. The van der Waals surface area contributed by atoms with Crippen LogP contribution in [0.15, 0.2) is 48.5 Å². The number of rotatable bonds is 5. The normalized spacial score (nSPS) is 10.3. The Morgan fingerprint density at radius 1 is 0.926 bits per heavy atom. The zero-order valence-electron chi connectivity index (χ0n) is 15.1. The molecule has 27 heavy (non-hydrogen) atoms. The molecule has 1 amide bonds. The molecule has 3 rings (SSSR count). The van der Waals surface area contributed by atoms with Crippen molar-refractivity contribution < 1.29 is 23.8 Å². The van der Waals surface area contributed by atoms with Crippen LogP contribution in [-0.4, -0.2) is 38.2 Å². The monoisotopic (exact) mass is 366 g/mol. The molecule has 0 unspecified atom stereocenters. The predicted molar refractivity (Wildman–Crippen MR) is 101 cm³/mol. The molecule has 0 aliphatic heterocycles. The first-order chi connectivity index (χ1) is 13.1. The molecular weight excluding hydrogens is 348 g/mol. The summed E-state index contributed by atoms with van der Waals surface area (Å²) in [6.07, 6.45) is 0. The van der Waals surface area contributed by atoms with Crippen LogP contribution in [0.25, 0.3) is 10.9 Å². The first kappa shape index (κ1) is 18.2. The summed E-state index contributed by atoms with van der Waals surface area (Å²) in [4.78, 5) is 29.1. The van der Waals surface area contributed by atoms with Crippen molar-refractivity contribution in [1.82, 2.24) is 4.98 Å². The third-order valence-electron chi connectivity index (χ3n) is 4.01. The summed E-state index contributed by atoms with van der Waals surface area (Å²) in [6, 6.07) is 13.9. The number of hydrogen-bond donors (Lipinski definition) is 1. The fourth-order valence-corrected chi connectivity index (χ4v) is 2.64. The summed E-state index contributed by atoms with van der Waals surface area (Å²) < 4.78 is 15.2. The Bertz CT molecular complexity index is 1020. The minimum Gasteiger partial charge on any atom is -0.493 e. The number of fused-ring (bicyclic) bond motifs is 1. The van der Waals surface area contributed by atoms with Gasteiger partial charge in [0.25, 0.3) is 5.91 Å². The van der Waals surface area contributed by atoms with Crippen LogP contribution in [-0.2, 0) is 4.74 Å². The number of benzene rings is 2. The molecule has 3 aromatic rings. The molecule has 138 valence electrons. The molecule has 0 fully saturated rings. The summed E-state index contributed by atoms with van der Waals surface area (Å²) >= 11 is 0. The van der Waals surface area contributed by atoms with Crippen LogP contribution >= 0.6 is 0 Å². The SMILES string of the molecule is COC(=O)c1cc(OC)c(OC)cc1NC(=O)c1ccc2ccccc2n1. The number of carbonyl (C=O) groups is 2. The van der Waals surface area contributed by atoms with E-state index in [0.29, 0.717) is 17.0 Å². The molecule has 7 nitrogen and oxygen atoms in total. The zero-order valence-corrected chi connectivity index (χ0v) is 15.1. The molecule has 0 spiro atoms. The number of nitrogens with one attached hydrogen (secondary N) is 1. The standard InChI is InChI=1S/C20H18N2O5/c1-25-17-10-13(20(24)27-3)16(11-18(17)26-2)22-19(23)15-9-8-12-6-4-5-7-14(12)21-15/h4-11H,1-3H3,(H,22,23). The first-order valence-electron chi connectivity index (χ1n) is 8.09. The van der Waals surface area contributed by atoms with Crippen LogP contribution in [0.5, 0.6) is 11.5 Å². The fraction of sp³-hybridized carbons (Fsp3) is 0.150. The quantitative estimate of drug-likeness (QED) is 0.697. The highest BCUT2D eigenvalue weighted by Crippen LogP contribution is 2.34. The molecule has 1 N–H and O–H groups in total. The van der Waals surface area contributed by atoms with Crippen molar-refractivity contribution in [3.8, 4) is 11.5 Å². The van der Waals surface area contributed by atoms with E-state index < -0.39 is 11.9 Å². The van der Waals surface area contributed by atoms with E-state index in [1.165, 1.54) is 33.5 Å². The topological polar surface area (TPSA) is 86.8 Å². The van der Waals surface area contributed by atoms with Crippen LogP contribution in [0.2, 0.25) is 0 Å². The van der Waals surface area contributed by atoms with E-state index in [4.69, 9.17) is 14.2 Å². The van der Waals surface area contributed by atoms with Gasteiger partial charge < -0.3 is 19.5 Å². The Labute approximate surface area is 155 Å². The van der Waals surface area contributed by atoms with Crippen molar-refractivity contribution >= 4 is 28.5 Å². The summed E-state index contributed by atoms with van der Waals surface area (Å²) in [5.41, 5.74) is 1.30. The minimum atomic E-state index is -0.613. The fourth-order valence-electron chi connectivity index (χ4n) is 2.64. The molecule has 0 bridgehead atoms. The number of anilines is 1. The van der Waals surface area contributed by atoms with Gasteiger partial charge >= 0.3 is 5.97 Å². The Morgan fingerprint density at radius 2 is 1.63 bits per heavy atom. The second-order valence-corrected chi connectivity index (χ2v) is 5.59. The maximum atomic E-state index is 12.7. The Balaban J connectivity index is 1.99. The lowest BCUT2D eigenvalue weighted by atomic mass is 10.1. The van der Waals surface area contributed by atoms with Crippen LogP contribution in [0.1, 0.15) is 20.8 Å². The van der Waals surface area contributed by atoms with Gasteiger partial charge in [0.05, 0.1) is 38.1 Å². The lowest BCUT2D eigenvalue weighted by Gasteiger charge is -2.14. The Hall–Kier alpha value is -3.61. The second-order valence-electron chi connectivity index (χ2n) is 5.59. The van der Waals surface area contributed by atoms with Gasteiger partial charge in [0.1, 0.15) is 5.69 Å². The van der Waals surface area contributed by atoms with Crippen LogP contribution in [0.3, 0.4) is 0 Å². The predicted octanol–water partition coefficient (Wildman–Crippen LogP) is 3.29. The molecule has 2 aromatic carbocycles. The van der Waals surface area contributed by atoms with E-state index >= 15 is 0 Å².